The number of carbonyl (C=O) groups is 3. The summed E-state index contributed by atoms with van der Waals surface area (Å²) < 4.78 is 5.00. The highest BCUT2D eigenvalue weighted by atomic mass is 16.6. The second kappa shape index (κ2) is 9.45. The predicted octanol–water partition coefficient (Wildman–Crippen LogP) is 3.93. The number of esters is 1. The zero-order valence-electron chi connectivity index (χ0n) is 16.5. The van der Waals surface area contributed by atoms with Gasteiger partial charge in [0.05, 0.1) is 16.2 Å². The monoisotopic (exact) mass is 418 g/mol. The number of carbonyl (C=O) groups excluding carboxylic acids is 3. The minimum Gasteiger partial charge on any atom is -0.452 e. The van der Waals surface area contributed by atoms with Crippen LogP contribution in [0, 0.1) is 17.0 Å². The van der Waals surface area contributed by atoms with Crippen LogP contribution in [0.15, 0.2) is 72.8 Å². The van der Waals surface area contributed by atoms with Crippen molar-refractivity contribution in [3.05, 3.63) is 105 Å². The quantitative estimate of drug-likeness (QED) is 0.269. The van der Waals surface area contributed by atoms with Crippen molar-refractivity contribution in [2.75, 3.05) is 11.9 Å². The van der Waals surface area contributed by atoms with Gasteiger partial charge in [0, 0.05) is 22.8 Å². The molecule has 0 saturated heterocycles. The van der Waals surface area contributed by atoms with Crippen LogP contribution < -0.4 is 5.32 Å². The van der Waals surface area contributed by atoms with Gasteiger partial charge in [0.2, 0.25) is 0 Å². The third-order valence-corrected chi connectivity index (χ3v) is 4.54. The van der Waals surface area contributed by atoms with Crippen LogP contribution in [0.2, 0.25) is 0 Å². The highest BCUT2D eigenvalue weighted by Crippen LogP contribution is 2.22. The van der Waals surface area contributed by atoms with E-state index in [-0.39, 0.29) is 28.3 Å². The van der Waals surface area contributed by atoms with Crippen molar-refractivity contribution in [2.45, 2.75) is 6.92 Å². The van der Waals surface area contributed by atoms with E-state index in [1.165, 1.54) is 25.1 Å². The highest BCUT2D eigenvalue weighted by Gasteiger charge is 2.20. The van der Waals surface area contributed by atoms with Gasteiger partial charge in [-0.2, -0.15) is 0 Å². The molecule has 0 heterocycles. The molecular weight excluding hydrogens is 400 g/mol. The number of ether oxygens (including phenoxy) is 1. The first-order valence-electron chi connectivity index (χ1n) is 9.28. The summed E-state index contributed by atoms with van der Waals surface area (Å²) in [5, 5.41) is 13.6. The fourth-order valence-electron chi connectivity index (χ4n) is 2.97. The summed E-state index contributed by atoms with van der Waals surface area (Å²) in [7, 11) is 0. The smallest absolute Gasteiger partial charge is 0.339 e. The maximum absolute atomic E-state index is 12.7. The van der Waals surface area contributed by atoms with Crippen molar-refractivity contribution in [3.8, 4) is 0 Å². The van der Waals surface area contributed by atoms with Crippen molar-refractivity contribution in [1.82, 2.24) is 0 Å². The van der Waals surface area contributed by atoms with Gasteiger partial charge < -0.3 is 10.1 Å². The van der Waals surface area contributed by atoms with E-state index in [9.17, 15) is 24.5 Å². The molecule has 1 amide bonds. The number of nitro groups is 1. The normalized spacial score (nSPS) is 10.2. The van der Waals surface area contributed by atoms with Crippen LogP contribution >= 0.6 is 0 Å². The number of anilines is 1. The maximum atomic E-state index is 12.7. The Morgan fingerprint density at radius 3 is 2.26 bits per heavy atom. The fraction of sp³-hybridized carbons (Fsp3) is 0.0870. The average Bonchev–Trinajstić information content (AvgIpc) is 2.78. The molecule has 3 aromatic rings. The lowest BCUT2D eigenvalue weighted by molar-refractivity contribution is -0.385. The molecule has 0 aliphatic heterocycles. The van der Waals surface area contributed by atoms with Crippen LogP contribution in [0.25, 0.3) is 0 Å². The van der Waals surface area contributed by atoms with Crippen LogP contribution in [0.4, 0.5) is 11.4 Å². The molecule has 3 aromatic carbocycles. The summed E-state index contributed by atoms with van der Waals surface area (Å²) in [4.78, 5) is 47.7. The first kappa shape index (κ1) is 21.4. The van der Waals surface area contributed by atoms with E-state index in [0.29, 0.717) is 11.1 Å². The molecule has 0 aliphatic rings. The molecule has 1 N–H and O–H groups in total. The fourth-order valence-corrected chi connectivity index (χ4v) is 2.97. The minimum atomic E-state index is -0.856. The first-order chi connectivity index (χ1) is 14.9. The van der Waals surface area contributed by atoms with E-state index in [1.807, 2.05) is 0 Å². The number of hydrogen-bond acceptors (Lipinski definition) is 6. The molecule has 3 rings (SSSR count). The summed E-state index contributed by atoms with van der Waals surface area (Å²) in [5.74, 6) is -1.77. The number of amides is 1. The summed E-state index contributed by atoms with van der Waals surface area (Å²) in [6, 6.07) is 19.1. The van der Waals surface area contributed by atoms with Gasteiger partial charge in [-0.1, -0.05) is 48.5 Å². The largest absolute Gasteiger partial charge is 0.452 e. The summed E-state index contributed by atoms with van der Waals surface area (Å²) in [6.45, 7) is 0.815. The molecule has 31 heavy (non-hydrogen) atoms. The zero-order valence-corrected chi connectivity index (χ0v) is 16.5. The SMILES string of the molecule is Cc1c(C(=O)OCC(=O)Nc2ccccc2C(=O)c2ccccc2)cccc1[N+](=O)[O-]. The second-order valence-electron chi connectivity index (χ2n) is 6.57. The van der Waals surface area contributed by atoms with Crippen molar-refractivity contribution in [1.29, 1.82) is 0 Å². The van der Waals surface area contributed by atoms with Crippen molar-refractivity contribution < 1.29 is 24.0 Å². The maximum Gasteiger partial charge on any atom is 0.339 e. The van der Waals surface area contributed by atoms with E-state index in [0.717, 1.165) is 0 Å². The van der Waals surface area contributed by atoms with Crippen LogP contribution in [0.5, 0.6) is 0 Å². The molecule has 0 bridgehead atoms. The second-order valence-corrected chi connectivity index (χ2v) is 6.57. The van der Waals surface area contributed by atoms with Crippen LogP contribution in [-0.2, 0) is 9.53 Å². The average molecular weight is 418 g/mol. The molecule has 0 unspecified atom stereocenters. The van der Waals surface area contributed by atoms with Crippen molar-refractivity contribution in [3.63, 3.8) is 0 Å². The molecule has 0 atom stereocenters. The summed E-state index contributed by atoms with van der Waals surface area (Å²) in [5.41, 5.74) is 0.981. The molecule has 0 aromatic heterocycles. The van der Waals surface area contributed by atoms with Crippen LogP contribution in [0.1, 0.15) is 31.8 Å². The van der Waals surface area contributed by atoms with Gasteiger partial charge in [0.1, 0.15) is 0 Å². The number of hydrogen-bond donors (Lipinski definition) is 1. The van der Waals surface area contributed by atoms with E-state index < -0.39 is 23.4 Å². The van der Waals surface area contributed by atoms with Gasteiger partial charge in [-0.05, 0) is 25.1 Å². The van der Waals surface area contributed by atoms with E-state index in [4.69, 9.17) is 4.74 Å². The van der Waals surface area contributed by atoms with Gasteiger partial charge in [-0.25, -0.2) is 4.79 Å². The topological polar surface area (TPSA) is 116 Å². The minimum absolute atomic E-state index is 0.00153. The van der Waals surface area contributed by atoms with E-state index >= 15 is 0 Å². The molecule has 8 nitrogen and oxygen atoms in total. The molecule has 156 valence electrons. The molecule has 0 radical (unpaired) electrons. The number of nitrogens with zero attached hydrogens (tertiary/aromatic N) is 1. The Balaban J connectivity index is 1.69. The summed E-state index contributed by atoms with van der Waals surface area (Å²) in [6.07, 6.45) is 0. The standard InChI is InChI=1S/C23H18N2O6/c1-15-17(11-7-13-20(15)25(29)30)23(28)31-14-21(26)24-19-12-6-5-10-18(19)22(27)16-8-3-2-4-9-16/h2-13H,14H2,1H3,(H,24,26). The molecule has 8 heteroatoms. The highest BCUT2D eigenvalue weighted by molar-refractivity contribution is 6.14. The number of ketones is 1. The Morgan fingerprint density at radius 2 is 1.55 bits per heavy atom. The Kier molecular flexibility index (Phi) is 6.51. The molecule has 0 saturated carbocycles. The Morgan fingerprint density at radius 1 is 0.903 bits per heavy atom. The molecule has 0 spiro atoms. The number of rotatable bonds is 7. The molecule has 0 fully saturated rings. The Hall–Kier alpha value is -4.33. The molecular formula is C23H18N2O6. The number of para-hydroxylation sites is 1. The Bertz CT molecular complexity index is 1160. The number of benzene rings is 3. The zero-order chi connectivity index (χ0) is 22.4. The van der Waals surface area contributed by atoms with E-state index in [1.54, 1.807) is 54.6 Å². The third-order valence-electron chi connectivity index (χ3n) is 4.54. The predicted molar refractivity (Wildman–Crippen MR) is 113 cm³/mol. The van der Waals surface area contributed by atoms with Crippen LogP contribution in [0.3, 0.4) is 0 Å². The van der Waals surface area contributed by atoms with Crippen molar-refractivity contribution in [2.24, 2.45) is 0 Å². The van der Waals surface area contributed by atoms with E-state index in [2.05, 4.69) is 5.32 Å². The molecule has 0 aliphatic carbocycles. The third kappa shape index (κ3) is 4.99. The number of nitro benzene ring substituents is 1. The van der Waals surface area contributed by atoms with Crippen LogP contribution in [-0.4, -0.2) is 29.2 Å². The lowest BCUT2D eigenvalue weighted by atomic mass is 10.0. The summed E-state index contributed by atoms with van der Waals surface area (Å²) >= 11 is 0. The van der Waals surface area contributed by atoms with Gasteiger partial charge >= 0.3 is 5.97 Å². The lowest BCUT2D eigenvalue weighted by Crippen LogP contribution is -2.22. The Labute approximate surface area is 177 Å². The van der Waals surface area contributed by atoms with Gasteiger partial charge in [-0.3, -0.25) is 19.7 Å². The lowest BCUT2D eigenvalue weighted by Gasteiger charge is -2.11. The number of nitrogens with one attached hydrogen (secondary N) is 1. The van der Waals surface area contributed by atoms with Gasteiger partial charge in [-0.15, -0.1) is 0 Å². The van der Waals surface area contributed by atoms with Gasteiger partial charge in [0.25, 0.3) is 11.6 Å². The first-order valence-corrected chi connectivity index (χ1v) is 9.28. The van der Waals surface area contributed by atoms with Crippen molar-refractivity contribution >= 4 is 29.0 Å². The van der Waals surface area contributed by atoms with Gasteiger partial charge in [0.15, 0.2) is 12.4 Å².